The van der Waals surface area contributed by atoms with E-state index >= 15 is 0 Å². The standard InChI is InChI=1S/C27H30ClN3O3/c1-6-11-31-23-14-24(34-5)19(12-20(23)17(2)15-27(31,3)4)13-22-25(32)30(26(33)29-22)16-18-9-7-8-10-21(18)28/h7-10,12-15H,6,11,16H2,1-5H3,(H,29,33)/b22-13+. The fourth-order valence-corrected chi connectivity index (χ4v) is 4.91. The largest absolute Gasteiger partial charge is 0.496 e. The quantitative estimate of drug-likeness (QED) is 0.416. The van der Waals surface area contributed by atoms with Gasteiger partial charge in [0, 0.05) is 34.4 Å². The third-order valence-electron chi connectivity index (χ3n) is 6.32. The number of hydrogen-bond donors (Lipinski definition) is 1. The van der Waals surface area contributed by atoms with Crippen LogP contribution in [-0.2, 0) is 11.3 Å². The van der Waals surface area contributed by atoms with E-state index in [0.29, 0.717) is 16.3 Å². The summed E-state index contributed by atoms with van der Waals surface area (Å²) in [5.74, 6) is 0.246. The van der Waals surface area contributed by atoms with Crippen molar-refractivity contribution in [1.29, 1.82) is 0 Å². The summed E-state index contributed by atoms with van der Waals surface area (Å²) in [6.45, 7) is 9.70. The van der Waals surface area contributed by atoms with Crippen LogP contribution in [0.25, 0.3) is 11.6 Å². The van der Waals surface area contributed by atoms with E-state index in [2.05, 4.69) is 44.0 Å². The zero-order valence-corrected chi connectivity index (χ0v) is 21.0. The molecule has 0 aliphatic carbocycles. The summed E-state index contributed by atoms with van der Waals surface area (Å²) in [4.78, 5) is 29.2. The first-order valence-electron chi connectivity index (χ1n) is 11.4. The van der Waals surface area contributed by atoms with Crippen molar-refractivity contribution < 1.29 is 14.3 Å². The number of halogens is 1. The fourth-order valence-electron chi connectivity index (χ4n) is 4.71. The predicted octanol–water partition coefficient (Wildman–Crippen LogP) is 5.85. The molecule has 2 heterocycles. The van der Waals surface area contributed by atoms with E-state index in [-0.39, 0.29) is 17.8 Å². The van der Waals surface area contributed by atoms with Gasteiger partial charge >= 0.3 is 6.03 Å². The van der Waals surface area contributed by atoms with Gasteiger partial charge in [-0.15, -0.1) is 0 Å². The van der Waals surface area contributed by atoms with Crippen LogP contribution in [0, 0.1) is 0 Å². The van der Waals surface area contributed by atoms with Gasteiger partial charge < -0.3 is 15.0 Å². The first-order chi connectivity index (χ1) is 16.2. The number of carbonyl (C=O) groups is 2. The lowest BCUT2D eigenvalue weighted by atomic mass is 9.87. The average Bonchev–Trinajstić information content (AvgIpc) is 3.05. The highest BCUT2D eigenvalue weighted by Gasteiger charge is 2.35. The molecule has 7 heteroatoms. The minimum atomic E-state index is -0.472. The molecule has 3 amide bonds. The number of methoxy groups -OCH3 is 1. The lowest BCUT2D eigenvalue weighted by Gasteiger charge is -2.43. The molecule has 0 spiro atoms. The van der Waals surface area contributed by atoms with Crippen LogP contribution < -0.4 is 15.0 Å². The number of anilines is 1. The zero-order valence-electron chi connectivity index (χ0n) is 20.2. The van der Waals surface area contributed by atoms with Gasteiger partial charge in [0.15, 0.2) is 0 Å². The number of ether oxygens (including phenoxy) is 1. The Bertz CT molecular complexity index is 1220. The Balaban J connectivity index is 1.71. The fraction of sp³-hybridized carbons (Fsp3) is 0.333. The lowest BCUT2D eigenvalue weighted by molar-refractivity contribution is -0.123. The number of carbonyl (C=O) groups excluding carboxylic acids is 2. The summed E-state index contributed by atoms with van der Waals surface area (Å²) in [5.41, 5.74) is 4.88. The summed E-state index contributed by atoms with van der Waals surface area (Å²) >= 11 is 6.23. The van der Waals surface area contributed by atoms with Crippen LogP contribution in [0.15, 0.2) is 48.2 Å². The van der Waals surface area contributed by atoms with Crippen LogP contribution in [0.5, 0.6) is 5.75 Å². The molecule has 0 bridgehead atoms. The van der Waals surface area contributed by atoms with E-state index in [1.54, 1.807) is 25.3 Å². The highest BCUT2D eigenvalue weighted by Crippen LogP contribution is 2.42. The molecule has 1 saturated heterocycles. The number of fused-ring (bicyclic) bond motifs is 1. The molecule has 0 atom stereocenters. The van der Waals surface area contributed by atoms with Crippen molar-refractivity contribution in [1.82, 2.24) is 10.2 Å². The van der Waals surface area contributed by atoms with E-state index in [1.807, 2.05) is 24.3 Å². The number of allylic oxidation sites excluding steroid dienone is 1. The SMILES string of the molecule is CCCN1c2cc(OC)c(/C=C3/NC(=O)N(Cc4ccccc4Cl)C3=O)cc2C(C)=CC1(C)C. The Labute approximate surface area is 205 Å². The minimum Gasteiger partial charge on any atom is -0.496 e. The lowest BCUT2D eigenvalue weighted by Crippen LogP contribution is -2.45. The highest BCUT2D eigenvalue weighted by molar-refractivity contribution is 6.31. The van der Waals surface area contributed by atoms with Crippen molar-refractivity contribution in [3.8, 4) is 5.75 Å². The zero-order chi connectivity index (χ0) is 24.6. The summed E-state index contributed by atoms with van der Waals surface area (Å²) in [7, 11) is 1.61. The molecule has 2 aromatic rings. The number of amides is 3. The van der Waals surface area contributed by atoms with E-state index in [0.717, 1.165) is 40.3 Å². The Morgan fingerprint density at radius 2 is 1.91 bits per heavy atom. The van der Waals surface area contributed by atoms with Gasteiger partial charge in [0.2, 0.25) is 0 Å². The molecule has 0 unspecified atom stereocenters. The van der Waals surface area contributed by atoms with Gasteiger partial charge in [-0.1, -0.05) is 42.8 Å². The Morgan fingerprint density at radius 1 is 1.18 bits per heavy atom. The summed E-state index contributed by atoms with van der Waals surface area (Å²) in [5, 5.41) is 3.21. The third-order valence-corrected chi connectivity index (χ3v) is 6.69. The number of urea groups is 1. The van der Waals surface area contributed by atoms with Crippen LogP contribution in [0.1, 0.15) is 50.8 Å². The van der Waals surface area contributed by atoms with Crippen molar-refractivity contribution in [3.05, 3.63) is 69.9 Å². The topological polar surface area (TPSA) is 61.9 Å². The third kappa shape index (κ3) is 4.30. The van der Waals surface area contributed by atoms with E-state index in [1.165, 1.54) is 0 Å². The number of imide groups is 1. The smallest absolute Gasteiger partial charge is 0.329 e. The van der Waals surface area contributed by atoms with Crippen molar-refractivity contribution in [2.45, 2.75) is 46.2 Å². The van der Waals surface area contributed by atoms with Crippen molar-refractivity contribution in [2.75, 3.05) is 18.6 Å². The monoisotopic (exact) mass is 479 g/mol. The number of nitrogens with zero attached hydrogens (tertiary/aromatic N) is 2. The Morgan fingerprint density at radius 3 is 2.59 bits per heavy atom. The maximum atomic E-state index is 13.1. The van der Waals surface area contributed by atoms with Gasteiger partial charge in [-0.05, 0) is 56.5 Å². The van der Waals surface area contributed by atoms with Gasteiger partial charge in [-0.2, -0.15) is 0 Å². The molecule has 34 heavy (non-hydrogen) atoms. The second kappa shape index (κ2) is 9.18. The van der Waals surface area contributed by atoms with Crippen LogP contribution >= 0.6 is 11.6 Å². The van der Waals surface area contributed by atoms with Gasteiger partial charge in [-0.25, -0.2) is 4.79 Å². The van der Waals surface area contributed by atoms with Crippen LogP contribution in [0.3, 0.4) is 0 Å². The minimum absolute atomic E-state index is 0.103. The molecule has 4 rings (SSSR count). The molecule has 2 aliphatic heterocycles. The molecule has 1 fully saturated rings. The molecule has 6 nitrogen and oxygen atoms in total. The van der Waals surface area contributed by atoms with Gasteiger partial charge in [0.1, 0.15) is 11.4 Å². The summed E-state index contributed by atoms with van der Waals surface area (Å²) in [6.07, 6.45) is 4.97. The number of rotatable bonds is 6. The Kier molecular flexibility index (Phi) is 6.45. The van der Waals surface area contributed by atoms with E-state index in [9.17, 15) is 9.59 Å². The maximum absolute atomic E-state index is 13.1. The van der Waals surface area contributed by atoms with Crippen LogP contribution in [0.4, 0.5) is 10.5 Å². The van der Waals surface area contributed by atoms with Crippen molar-refractivity contribution in [2.24, 2.45) is 0 Å². The van der Waals surface area contributed by atoms with Crippen LogP contribution in [0.2, 0.25) is 5.02 Å². The Hall–Kier alpha value is -3.25. The first kappa shape index (κ1) is 23.9. The molecule has 0 saturated carbocycles. The van der Waals surface area contributed by atoms with Gasteiger partial charge in [0.05, 0.1) is 19.2 Å². The molecule has 0 aromatic heterocycles. The molecule has 178 valence electrons. The summed E-state index contributed by atoms with van der Waals surface area (Å²) < 4.78 is 5.71. The number of hydrogen-bond acceptors (Lipinski definition) is 4. The maximum Gasteiger partial charge on any atom is 0.329 e. The molecule has 1 N–H and O–H groups in total. The first-order valence-corrected chi connectivity index (χ1v) is 11.8. The molecular weight excluding hydrogens is 450 g/mol. The molecular formula is C27H30ClN3O3. The van der Waals surface area contributed by atoms with Crippen molar-refractivity contribution in [3.63, 3.8) is 0 Å². The van der Waals surface area contributed by atoms with E-state index in [4.69, 9.17) is 16.3 Å². The second-order valence-corrected chi connectivity index (χ2v) is 9.62. The average molecular weight is 480 g/mol. The molecule has 2 aromatic carbocycles. The molecule has 0 radical (unpaired) electrons. The second-order valence-electron chi connectivity index (χ2n) is 9.21. The number of benzene rings is 2. The molecule has 2 aliphatic rings. The van der Waals surface area contributed by atoms with Gasteiger partial charge in [-0.3, -0.25) is 9.69 Å². The van der Waals surface area contributed by atoms with Crippen LogP contribution in [-0.4, -0.2) is 36.0 Å². The summed E-state index contributed by atoms with van der Waals surface area (Å²) in [6, 6.07) is 10.8. The van der Waals surface area contributed by atoms with E-state index < -0.39 is 11.9 Å². The number of nitrogens with one attached hydrogen (secondary N) is 1. The van der Waals surface area contributed by atoms with Gasteiger partial charge in [0.25, 0.3) is 5.91 Å². The normalized spacial score (nSPS) is 18.2. The van der Waals surface area contributed by atoms with Crippen molar-refractivity contribution >= 4 is 40.9 Å². The highest BCUT2D eigenvalue weighted by atomic mass is 35.5. The predicted molar refractivity (Wildman–Crippen MR) is 137 cm³/mol.